The number of thiazole rings is 1. The molecule has 0 N–H and O–H groups in total. The molecule has 0 unspecified atom stereocenters. The number of rotatable bonds is 8. The number of amides is 1. The van der Waals surface area contributed by atoms with E-state index in [-0.39, 0.29) is 12.5 Å². The van der Waals surface area contributed by atoms with Gasteiger partial charge in [-0.05, 0) is 19.1 Å². The number of hydrogen-bond donors (Lipinski definition) is 0. The van der Waals surface area contributed by atoms with E-state index in [1.807, 2.05) is 54.3 Å². The smallest absolute Gasteiger partial charge is 0.260 e. The highest BCUT2D eigenvalue weighted by atomic mass is 32.1. The zero-order chi connectivity index (χ0) is 21.5. The van der Waals surface area contributed by atoms with Gasteiger partial charge in [-0.1, -0.05) is 42.5 Å². The molecule has 1 saturated heterocycles. The molecule has 7 heteroatoms. The molecule has 0 atom stereocenters. The summed E-state index contributed by atoms with van der Waals surface area (Å²) in [6, 6.07) is 17.7. The summed E-state index contributed by atoms with van der Waals surface area (Å²) in [7, 11) is 0. The first-order chi connectivity index (χ1) is 15.2. The van der Waals surface area contributed by atoms with Crippen molar-refractivity contribution in [2.24, 2.45) is 0 Å². The van der Waals surface area contributed by atoms with Gasteiger partial charge in [0.2, 0.25) is 0 Å². The minimum atomic E-state index is 0.00553. The van der Waals surface area contributed by atoms with Crippen LogP contribution in [0.2, 0.25) is 0 Å². The van der Waals surface area contributed by atoms with Gasteiger partial charge in [0.25, 0.3) is 5.91 Å². The fourth-order valence-corrected chi connectivity index (χ4v) is 4.37. The second-order valence-electron chi connectivity index (χ2n) is 7.34. The Balaban J connectivity index is 1.24. The summed E-state index contributed by atoms with van der Waals surface area (Å²) in [6.07, 6.45) is 0. The number of carbonyl (C=O) groups excluding carboxylic acids is 1. The lowest BCUT2D eigenvalue weighted by Gasteiger charge is -2.34. The number of hydrogen-bond acceptors (Lipinski definition) is 6. The van der Waals surface area contributed by atoms with Gasteiger partial charge >= 0.3 is 0 Å². The number of piperazine rings is 1. The second kappa shape index (κ2) is 10.4. The van der Waals surface area contributed by atoms with E-state index in [1.165, 1.54) is 0 Å². The monoisotopic (exact) mass is 437 g/mol. The van der Waals surface area contributed by atoms with Crippen LogP contribution in [-0.4, -0.2) is 60.1 Å². The summed E-state index contributed by atoms with van der Waals surface area (Å²) in [5.74, 6) is 1.28. The van der Waals surface area contributed by atoms with Crippen LogP contribution in [0.25, 0.3) is 10.6 Å². The van der Waals surface area contributed by atoms with Crippen molar-refractivity contribution in [1.82, 2.24) is 14.8 Å². The van der Waals surface area contributed by atoms with Crippen LogP contribution in [0.5, 0.6) is 11.5 Å². The van der Waals surface area contributed by atoms with Crippen LogP contribution in [-0.2, 0) is 11.3 Å². The first-order valence-corrected chi connectivity index (χ1v) is 11.5. The Kier molecular flexibility index (Phi) is 7.17. The predicted molar refractivity (Wildman–Crippen MR) is 123 cm³/mol. The summed E-state index contributed by atoms with van der Waals surface area (Å²) >= 11 is 1.68. The van der Waals surface area contributed by atoms with Gasteiger partial charge in [0.1, 0.15) is 5.01 Å². The van der Waals surface area contributed by atoms with Crippen LogP contribution in [0.1, 0.15) is 12.6 Å². The number of para-hydroxylation sites is 2. The quantitative estimate of drug-likeness (QED) is 0.534. The minimum Gasteiger partial charge on any atom is -0.490 e. The standard InChI is InChI=1S/C24H27N3O3S/c1-2-29-21-10-6-7-11-22(21)30-17-23(28)27-14-12-26(13-15-27)16-20-18-31-24(25-20)19-8-4-3-5-9-19/h3-11,18H,2,12-17H2,1H3. The predicted octanol–water partition coefficient (Wildman–Crippen LogP) is 3.93. The Labute approximate surface area is 187 Å². The average Bonchev–Trinajstić information content (AvgIpc) is 3.28. The molecule has 1 aliphatic rings. The second-order valence-corrected chi connectivity index (χ2v) is 8.19. The van der Waals surface area contributed by atoms with Crippen molar-refractivity contribution in [3.63, 3.8) is 0 Å². The van der Waals surface area contributed by atoms with E-state index < -0.39 is 0 Å². The van der Waals surface area contributed by atoms with Crippen molar-refractivity contribution in [1.29, 1.82) is 0 Å². The molecule has 162 valence electrons. The van der Waals surface area contributed by atoms with E-state index in [1.54, 1.807) is 11.3 Å². The number of benzene rings is 2. The van der Waals surface area contributed by atoms with Gasteiger partial charge in [0, 0.05) is 43.7 Å². The minimum absolute atomic E-state index is 0.00553. The SMILES string of the molecule is CCOc1ccccc1OCC(=O)N1CCN(Cc2csc(-c3ccccc3)n2)CC1. The number of carbonyl (C=O) groups is 1. The summed E-state index contributed by atoms with van der Waals surface area (Å²) in [5, 5.41) is 3.18. The molecule has 2 heterocycles. The molecule has 0 radical (unpaired) electrons. The topological polar surface area (TPSA) is 54.9 Å². The molecule has 6 nitrogen and oxygen atoms in total. The van der Waals surface area contributed by atoms with Gasteiger partial charge in [0.15, 0.2) is 18.1 Å². The zero-order valence-corrected chi connectivity index (χ0v) is 18.5. The van der Waals surface area contributed by atoms with E-state index in [0.29, 0.717) is 31.2 Å². The van der Waals surface area contributed by atoms with Gasteiger partial charge in [0.05, 0.1) is 12.3 Å². The Bertz CT molecular complexity index is 984. The highest BCUT2D eigenvalue weighted by molar-refractivity contribution is 7.13. The van der Waals surface area contributed by atoms with E-state index in [4.69, 9.17) is 14.5 Å². The molecule has 0 bridgehead atoms. The van der Waals surface area contributed by atoms with E-state index >= 15 is 0 Å². The average molecular weight is 438 g/mol. The normalized spacial score (nSPS) is 14.4. The lowest BCUT2D eigenvalue weighted by Crippen LogP contribution is -2.49. The number of nitrogens with zero attached hydrogens (tertiary/aromatic N) is 3. The molecule has 4 rings (SSSR count). The van der Waals surface area contributed by atoms with Crippen molar-refractivity contribution < 1.29 is 14.3 Å². The van der Waals surface area contributed by atoms with Gasteiger partial charge in [-0.15, -0.1) is 11.3 Å². The maximum Gasteiger partial charge on any atom is 0.260 e. The molecule has 1 fully saturated rings. The molecule has 31 heavy (non-hydrogen) atoms. The van der Waals surface area contributed by atoms with Gasteiger partial charge in [-0.25, -0.2) is 4.98 Å². The van der Waals surface area contributed by atoms with Crippen molar-refractivity contribution in [2.45, 2.75) is 13.5 Å². The molecule has 3 aromatic rings. The van der Waals surface area contributed by atoms with E-state index in [0.717, 1.165) is 35.9 Å². The zero-order valence-electron chi connectivity index (χ0n) is 17.7. The van der Waals surface area contributed by atoms with Crippen molar-refractivity contribution >= 4 is 17.2 Å². The molecular formula is C24H27N3O3S. The molecular weight excluding hydrogens is 410 g/mol. The Morgan fingerprint density at radius 2 is 1.65 bits per heavy atom. The maximum atomic E-state index is 12.6. The van der Waals surface area contributed by atoms with Gasteiger partial charge in [-0.3, -0.25) is 9.69 Å². The van der Waals surface area contributed by atoms with Crippen LogP contribution in [0, 0.1) is 0 Å². The molecule has 1 aliphatic heterocycles. The molecule has 0 saturated carbocycles. The van der Waals surface area contributed by atoms with Gasteiger partial charge in [-0.2, -0.15) is 0 Å². The summed E-state index contributed by atoms with van der Waals surface area (Å²) in [6.45, 7) is 6.38. The highest BCUT2D eigenvalue weighted by Gasteiger charge is 2.22. The van der Waals surface area contributed by atoms with Crippen molar-refractivity contribution in [3.8, 4) is 22.1 Å². The summed E-state index contributed by atoms with van der Waals surface area (Å²) < 4.78 is 11.3. The Hall–Kier alpha value is -2.90. The molecule has 0 aliphatic carbocycles. The molecule has 2 aromatic carbocycles. The number of ether oxygens (including phenoxy) is 2. The molecule has 1 amide bonds. The summed E-state index contributed by atoms with van der Waals surface area (Å²) in [4.78, 5) is 21.6. The summed E-state index contributed by atoms with van der Waals surface area (Å²) in [5.41, 5.74) is 2.24. The Morgan fingerprint density at radius 3 is 2.35 bits per heavy atom. The maximum absolute atomic E-state index is 12.6. The van der Waals surface area contributed by atoms with Crippen molar-refractivity contribution in [3.05, 3.63) is 65.7 Å². The third-order valence-electron chi connectivity index (χ3n) is 5.18. The van der Waals surface area contributed by atoms with Crippen LogP contribution in [0.15, 0.2) is 60.0 Å². The fourth-order valence-electron chi connectivity index (χ4n) is 3.55. The third-order valence-corrected chi connectivity index (χ3v) is 6.12. The van der Waals surface area contributed by atoms with Crippen molar-refractivity contribution in [2.75, 3.05) is 39.4 Å². The van der Waals surface area contributed by atoms with E-state index in [9.17, 15) is 4.79 Å². The van der Waals surface area contributed by atoms with Crippen LogP contribution < -0.4 is 9.47 Å². The largest absolute Gasteiger partial charge is 0.490 e. The molecule has 1 aromatic heterocycles. The van der Waals surface area contributed by atoms with Crippen LogP contribution in [0.3, 0.4) is 0 Å². The lowest BCUT2D eigenvalue weighted by atomic mass is 10.2. The lowest BCUT2D eigenvalue weighted by molar-refractivity contribution is -0.135. The highest BCUT2D eigenvalue weighted by Crippen LogP contribution is 2.26. The van der Waals surface area contributed by atoms with Crippen LogP contribution in [0.4, 0.5) is 0 Å². The number of aromatic nitrogens is 1. The Morgan fingerprint density at radius 1 is 0.968 bits per heavy atom. The van der Waals surface area contributed by atoms with E-state index in [2.05, 4.69) is 22.4 Å². The first-order valence-electron chi connectivity index (χ1n) is 10.6. The molecule has 0 spiro atoms. The van der Waals surface area contributed by atoms with Gasteiger partial charge < -0.3 is 14.4 Å². The fraction of sp³-hybridized carbons (Fsp3) is 0.333. The third kappa shape index (κ3) is 5.62. The first kappa shape index (κ1) is 21.3. The van der Waals surface area contributed by atoms with Crippen LogP contribution >= 0.6 is 11.3 Å².